The number of thioether (sulfide) groups is 2. The van der Waals surface area contributed by atoms with Crippen LogP contribution in [0.15, 0.2) is 24.3 Å². The fourth-order valence-electron chi connectivity index (χ4n) is 6.38. The molecular weight excluding hydrogens is 482 g/mol. The first-order valence-corrected chi connectivity index (χ1v) is 16.5. The predicted octanol–water partition coefficient (Wildman–Crippen LogP) is 8.03. The summed E-state index contributed by atoms with van der Waals surface area (Å²) in [7, 11) is 0. The quantitative estimate of drug-likeness (QED) is 0.403. The van der Waals surface area contributed by atoms with Gasteiger partial charge in [0.15, 0.2) is 5.78 Å². The molecule has 6 atom stereocenters. The van der Waals surface area contributed by atoms with Crippen molar-refractivity contribution in [3.63, 3.8) is 0 Å². The summed E-state index contributed by atoms with van der Waals surface area (Å²) in [4.78, 5) is 26.3. The lowest BCUT2D eigenvalue weighted by molar-refractivity contribution is 0.0914. The van der Waals surface area contributed by atoms with E-state index in [1.165, 1.54) is 64.2 Å². The molecule has 1 N–H and O–H groups in total. The van der Waals surface area contributed by atoms with Gasteiger partial charge in [-0.15, -0.1) is 0 Å². The van der Waals surface area contributed by atoms with E-state index in [1.54, 1.807) is 0 Å². The highest BCUT2D eigenvalue weighted by atomic mass is 32.2. The summed E-state index contributed by atoms with van der Waals surface area (Å²) >= 11 is 4.15. The molecule has 1 amide bonds. The van der Waals surface area contributed by atoms with E-state index in [9.17, 15) is 9.59 Å². The lowest BCUT2D eigenvalue weighted by atomic mass is 9.76. The van der Waals surface area contributed by atoms with Crippen LogP contribution < -0.4 is 5.32 Å². The number of fused-ring (bicyclic) bond motifs is 4. The summed E-state index contributed by atoms with van der Waals surface area (Å²) < 4.78 is 0. The van der Waals surface area contributed by atoms with Gasteiger partial charge in [0.25, 0.3) is 5.91 Å². The molecule has 0 spiro atoms. The molecule has 0 aromatic heterocycles. The Bertz CT molecular complexity index is 878. The van der Waals surface area contributed by atoms with E-state index in [0.29, 0.717) is 16.1 Å². The smallest absolute Gasteiger partial charge is 0.251 e. The Labute approximate surface area is 228 Å². The number of rotatable bonds is 3. The molecule has 0 radical (unpaired) electrons. The molecule has 2 saturated carbocycles. The first-order valence-electron chi connectivity index (χ1n) is 14.4. The molecule has 3 fully saturated rings. The number of Topliss-reactive ketones (excluding diaryl/α,β-unsaturated/α-hetero) is 1. The van der Waals surface area contributed by atoms with Crippen molar-refractivity contribution in [2.24, 2.45) is 23.7 Å². The summed E-state index contributed by atoms with van der Waals surface area (Å²) in [5.41, 5.74) is 1.10. The van der Waals surface area contributed by atoms with Crippen molar-refractivity contribution in [1.29, 1.82) is 0 Å². The maximum Gasteiger partial charge on any atom is 0.251 e. The molecule has 4 bridgehead atoms. The van der Waals surface area contributed by atoms with Gasteiger partial charge in [-0.25, -0.2) is 0 Å². The van der Waals surface area contributed by atoms with Crippen LogP contribution in [0.3, 0.4) is 0 Å². The highest BCUT2D eigenvalue weighted by molar-refractivity contribution is 8.00. The van der Waals surface area contributed by atoms with E-state index in [0.717, 1.165) is 34.8 Å². The van der Waals surface area contributed by atoms with Crippen LogP contribution in [0, 0.1) is 23.7 Å². The average Bonchev–Trinajstić information content (AvgIpc) is 2.86. The lowest BCUT2D eigenvalue weighted by Crippen LogP contribution is -2.40. The Morgan fingerprint density at radius 3 is 2.08 bits per heavy atom. The van der Waals surface area contributed by atoms with Gasteiger partial charge in [-0.3, -0.25) is 9.59 Å². The summed E-state index contributed by atoms with van der Waals surface area (Å²) in [6.07, 6.45) is 13.6. The zero-order valence-electron chi connectivity index (χ0n) is 22.9. The summed E-state index contributed by atoms with van der Waals surface area (Å²) in [6.45, 7) is 8.45. The minimum atomic E-state index is -0.278. The van der Waals surface area contributed by atoms with E-state index in [2.05, 4.69) is 35.8 Å². The van der Waals surface area contributed by atoms with Gasteiger partial charge in [-0.1, -0.05) is 57.6 Å². The molecule has 1 heterocycles. The number of amides is 1. The minimum Gasteiger partial charge on any atom is -0.347 e. The fourth-order valence-corrected chi connectivity index (χ4v) is 9.53. The lowest BCUT2D eigenvalue weighted by Gasteiger charge is -2.36. The molecule has 36 heavy (non-hydrogen) atoms. The molecule has 2 aliphatic carbocycles. The number of hydrogen-bond acceptors (Lipinski definition) is 4. The summed E-state index contributed by atoms with van der Waals surface area (Å²) in [5.74, 6) is 4.69. The number of benzene rings is 1. The highest BCUT2D eigenvalue weighted by Crippen LogP contribution is 2.42. The van der Waals surface area contributed by atoms with Crippen LogP contribution >= 0.6 is 23.5 Å². The zero-order valence-corrected chi connectivity index (χ0v) is 24.5. The van der Waals surface area contributed by atoms with E-state index >= 15 is 0 Å². The number of carbonyl (C=O) groups is 2. The Kier molecular flexibility index (Phi) is 9.93. The molecule has 1 aromatic carbocycles. The number of hydrogen-bond donors (Lipinski definition) is 1. The minimum absolute atomic E-state index is 0.0513. The maximum absolute atomic E-state index is 13.7. The first-order chi connectivity index (χ1) is 17.2. The third-order valence-electron chi connectivity index (χ3n) is 8.59. The number of carbonyl (C=O) groups excluding carboxylic acids is 2. The van der Waals surface area contributed by atoms with Gasteiger partial charge in [-0.05, 0) is 76.3 Å². The Balaban J connectivity index is 1.46. The monoisotopic (exact) mass is 529 g/mol. The molecule has 1 saturated heterocycles. The number of ketones is 1. The molecule has 2 unspecified atom stereocenters. The molecule has 3 aliphatic rings. The SMILES string of the molecule is C[C@@H]1CC[C@@H]2CCCC(C2)SCC(C(=O)c2ccc(C(=O)NC(C)(C)C)cc2)CS[C@H]2CCC[C@@H]1C2. The Morgan fingerprint density at radius 2 is 1.42 bits per heavy atom. The second-order valence-electron chi connectivity index (χ2n) is 12.8. The molecule has 1 aliphatic heterocycles. The van der Waals surface area contributed by atoms with Crippen molar-refractivity contribution in [3.8, 4) is 0 Å². The first kappa shape index (κ1) is 28.1. The largest absolute Gasteiger partial charge is 0.347 e. The molecular formula is C31H47NO2S2. The normalized spacial score (nSPS) is 32.2. The van der Waals surface area contributed by atoms with Gasteiger partial charge in [0.05, 0.1) is 0 Å². The van der Waals surface area contributed by atoms with Crippen molar-refractivity contribution in [2.75, 3.05) is 11.5 Å². The Morgan fingerprint density at radius 1 is 0.806 bits per heavy atom. The van der Waals surface area contributed by atoms with Crippen molar-refractivity contribution in [3.05, 3.63) is 35.4 Å². The topological polar surface area (TPSA) is 46.2 Å². The maximum atomic E-state index is 13.7. The van der Waals surface area contributed by atoms with Crippen molar-refractivity contribution >= 4 is 35.2 Å². The second kappa shape index (κ2) is 12.7. The van der Waals surface area contributed by atoms with Crippen LogP contribution in [0.2, 0.25) is 0 Å². The molecule has 4 rings (SSSR count). The summed E-state index contributed by atoms with van der Waals surface area (Å²) in [6, 6.07) is 7.37. The van der Waals surface area contributed by atoms with Crippen molar-refractivity contribution < 1.29 is 9.59 Å². The van der Waals surface area contributed by atoms with Crippen LogP contribution in [0.1, 0.15) is 113 Å². The third kappa shape index (κ3) is 8.03. The van der Waals surface area contributed by atoms with Crippen LogP contribution in [-0.4, -0.2) is 39.2 Å². The van der Waals surface area contributed by atoms with Gasteiger partial charge in [0.2, 0.25) is 0 Å². The highest BCUT2D eigenvalue weighted by Gasteiger charge is 2.31. The predicted molar refractivity (Wildman–Crippen MR) is 156 cm³/mol. The van der Waals surface area contributed by atoms with Gasteiger partial charge in [0, 0.05) is 44.6 Å². The van der Waals surface area contributed by atoms with E-state index in [4.69, 9.17) is 0 Å². The third-order valence-corrected chi connectivity index (χ3v) is 11.6. The second-order valence-corrected chi connectivity index (χ2v) is 15.4. The fraction of sp³-hybridized carbons (Fsp3) is 0.742. The van der Waals surface area contributed by atoms with E-state index < -0.39 is 0 Å². The Hall–Kier alpha value is -0.940. The molecule has 3 nitrogen and oxygen atoms in total. The van der Waals surface area contributed by atoms with Crippen LogP contribution in [-0.2, 0) is 0 Å². The van der Waals surface area contributed by atoms with Crippen molar-refractivity contribution in [2.45, 2.75) is 108 Å². The van der Waals surface area contributed by atoms with Gasteiger partial charge in [-0.2, -0.15) is 23.5 Å². The van der Waals surface area contributed by atoms with Gasteiger partial charge in [0.1, 0.15) is 0 Å². The average molecular weight is 530 g/mol. The van der Waals surface area contributed by atoms with Gasteiger partial charge >= 0.3 is 0 Å². The van der Waals surface area contributed by atoms with Crippen LogP contribution in [0.5, 0.6) is 0 Å². The van der Waals surface area contributed by atoms with Gasteiger partial charge < -0.3 is 5.32 Å². The van der Waals surface area contributed by atoms with Crippen LogP contribution in [0.25, 0.3) is 0 Å². The zero-order chi connectivity index (χ0) is 25.7. The van der Waals surface area contributed by atoms with E-state index in [-0.39, 0.29) is 23.1 Å². The molecule has 5 heteroatoms. The molecule has 200 valence electrons. The summed E-state index contributed by atoms with van der Waals surface area (Å²) in [5, 5.41) is 4.43. The van der Waals surface area contributed by atoms with E-state index in [1.807, 2.05) is 45.0 Å². The molecule has 1 aromatic rings. The van der Waals surface area contributed by atoms with Crippen molar-refractivity contribution in [1.82, 2.24) is 5.32 Å². The number of nitrogens with one attached hydrogen (secondary N) is 1. The standard InChI is InChI=1S/C31H47NO2S2/c1-21-11-12-22-7-5-9-27(17-22)35-19-26(20-36-28-10-6-8-25(21)18-28)29(33)23-13-15-24(16-14-23)30(34)32-31(2,3)4/h13-16,21-22,25-28H,5-12,17-20H2,1-4H3,(H,32,34)/t21-,22+,25-,26?,27?,28+/m1/s1. The van der Waals surface area contributed by atoms with Crippen LogP contribution in [0.4, 0.5) is 0 Å².